The maximum atomic E-state index is 12.8. The van der Waals surface area contributed by atoms with Crippen molar-refractivity contribution in [3.8, 4) is 45.8 Å². The molecule has 8 N–H and O–H groups in total. The molecule has 1 aromatic heterocycles. The Morgan fingerprint density at radius 3 is 2.29 bits per heavy atom. The second kappa shape index (κ2) is 9.13. The highest BCUT2D eigenvalue weighted by Crippen LogP contribution is 2.44. The molecule has 0 aliphatic carbocycles. The minimum atomic E-state index is -1.82. The van der Waals surface area contributed by atoms with Crippen molar-refractivity contribution in [2.75, 3.05) is 13.7 Å². The van der Waals surface area contributed by atoms with Crippen LogP contribution in [-0.2, 0) is 4.74 Å². The number of rotatable bonds is 5. The number of ether oxygens (including phenoxy) is 3. The van der Waals surface area contributed by atoms with Crippen LogP contribution in [0.2, 0.25) is 0 Å². The first-order valence-corrected chi connectivity index (χ1v) is 10.2. The summed E-state index contributed by atoms with van der Waals surface area (Å²) in [4.78, 5) is 12.8. The normalized spacial score (nSPS) is 24.4. The Hall–Kier alpha value is -3.75. The predicted octanol–water partition coefficient (Wildman–Crippen LogP) is -0.530. The van der Waals surface area contributed by atoms with E-state index in [9.17, 15) is 45.6 Å². The lowest BCUT2D eigenvalue weighted by Gasteiger charge is -2.39. The zero-order chi connectivity index (χ0) is 25.6. The van der Waals surface area contributed by atoms with Gasteiger partial charge in [-0.05, 0) is 18.2 Å². The van der Waals surface area contributed by atoms with Crippen molar-refractivity contribution in [1.29, 1.82) is 0 Å². The summed E-state index contributed by atoms with van der Waals surface area (Å²) >= 11 is 0. The maximum Gasteiger partial charge on any atom is 0.238 e. The summed E-state index contributed by atoms with van der Waals surface area (Å²) in [6.45, 7) is -0.729. The second-order valence-electron chi connectivity index (χ2n) is 7.76. The van der Waals surface area contributed by atoms with Crippen LogP contribution >= 0.6 is 0 Å². The third kappa shape index (κ3) is 4.05. The van der Waals surface area contributed by atoms with Crippen molar-refractivity contribution in [3.63, 3.8) is 0 Å². The van der Waals surface area contributed by atoms with Gasteiger partial charge in [0.2, 0.25) is 23.2 Å². The van der Waals surface area contributed by atoms with Gasteiger partial charge in [-0.2, -0.15) is 0 Å². The molecule has 1 fully saturated rings. The Labute approximate surface area is 195 Å². The molecule has 3 aromatic rings. The Kier molecular flexibility index (Phi) is 6.36. The molecular weight excluding hydrogens is 472 g/mol. The number of benzene rings is 2. The van der Waals surface area contributed by atoms with Gasteiger partial charge < -0.3 is 59.5 Å². The smallest absolute Gasteiger partial charge is 0.238 e. The van der Waals surface area contributed by atoms with Crippen LogP contribution in [0.1, 0.15) is 0 Å². The summed E-state index contributed by atoms with van der Waals surface area (Å²) in [5, 5.41) is 80.1. The Morgan fingerprint density at radius 1 is 0.914 bits per heavy atom. The summed E-state index contributed by atoms with van der Waals surface area (Å²) in [5.41, 5.74) is -1.62. The molecule has 2 aromatic carbocycles. The van der Waals surface area contributed by atoms with Crippen molar-refractivity contribution in [2.24, 2.45) is 0 Å². The monoisotopic (exact) mass is 494 g/mol. The van der Waals surface area contributed by atoms with E-state index in [1.54, 1.807) is 0 Å². The number of aliphatic hydroxyl groups excluding tert-OH is 4. The molecule has 0 spiro atoms. The third-order valence-electron chi connectivity index (χ3n) is 5.59. The van der Waals surface area contributed by atoms with Crippen molar-refractivity contribution < 1.29 is 59.5 Å². The zero-order valence-electron chi connectivity index (χ0n) is 18.0. The van der Waals surface area contributed by atoms with Crippen LogP contribution in [0.4, 0.5) is 0 Å². The molecule has 0 unspecified atom stereocenters. The van der Waals surface area contributed by atoms with Crippen LogP contribution in [0.15, 0.2) is 33.5 Å². The van der Waals surface area contributed by atoms with Crippen LogP contribution in [0.3, 0.4) is 0 Å². The summed E-state index contributed by atoms with van der Waals surface area (Å²) in [5.74, 6) is -3.72. The van der Waals surface area contributed by atoms with Gasteiger partial charge in [-0.1, -0.05) is 0 Å². The first-order chi connectivity index (χ1) is 16.6. The highest BCUT2D eigenvalue weighted by Gasteiger charge is 2.45. The molecule has 0 amide bonds. The van der Waals surface area contributed by atoms with E-state index < -0.39 is 82.5 Å². The molecule has 1 aliphatic heterocycles. The number of methoxy groups -OCH3 is 1. The van der Waals surface area contributed by atoms with Gasteiger partial charge in [-0.25, -0.2) is 0 Å². The van der Waals surface area contributed by atoms with Gasteiger partial charge in [-0.15, -0.1) is 0 Å². The van der Waals surface area contributed by atoms with E-state index in [-0.39, 0.29) is 17.1 Å². The van der Waals surface area contributed by atoms with Crippen LogP contribution < -0.4 is 14.9 Å². The fraction of sp³-hybridized carbons (Fsp3) is 0.318. The lowest BCUT2D eigenvalue weighted by molar-refractivity contribution is -0.277. The highest BCUT2D eigenvalue weighted by molar-refractivity contribution is 5.93. The first-order valence-electron chi connectivity index (χ1n) is 10.2. The molecule has 0 bridgehead atoms. The van der Waals surface area contributed by atoms with E-state index in [2.05, 4.69) is 0 Å². The van der Waals surface area contributed by atoms with Crippen LogP contribution in [0.25, 0.3) is 22.3 Å². The van der Waals surface area contributed by atoms with E-state index in [1.807, 2.05) is 0 Å². The van der Waals surface area contributed by atoms with E-state index >= 15 is 0 Å². The Bertz CT molecular complexity index is 1320. The molecule has 35 heavy (non-hydrogen) atoms. The molecule has 2 heterocycles. The van der Waals surface area contributed by atoms with Crippen LogP contribution in [0.5, 0.6) is 34.5 Å². The third-order valence-corrected chi connectivity index (χ3v) is 5.59. The van der Waals surface area contributed by atoms with Crippen LogP contribution in [-0.4, -0.2) is 85.3 Å². The average Bonchev–Trinajstić information content (AvgIpc) is 2.84. The SMILES string of the molecule is COc1cc(-c2oc3c(O)c(O[C@@H]4O[C@H](CO)[C@@H](O)[C@H](O)[C@H]4O)cc(O)c3c(=O)c2O)ccc1O. The highest BCUT2D eigenvalue weighted by atomic mass is 16.7. The van der Waals surface area contributed by atoms with Gasteiger partial charge >= 0.3 is 0 Å². The summed E-state index contributed by atoms with van der Waals surface area (Å²) < 4.78 is 21.1. The maximum absolute atomic E-state index is 12.8. The Balaban J connectivity index is 1.83. The topological polar surface area (TPSA) is 220 Å². The lowest BCUT2D eigenvalue weighted by atomic mass is 9.99. The summed E-state index contributed by atoms with van der Waals surface area (Å²) in [6, 6.07) is 4.56. The summed E-state index contributed by atoms with van der Waals surface area (Å²) in [7, 11) is 1.28. The van der Waals surface area contributed by atoms with Gasteiger partial charge in [-0.3, -0.25) is 4.79 Å². The average molecular weight is 494 g/mol. The van der Waals surface area contributed by atoms with Crippen molar-refractivity contribution >= 4 is 11.0 Å². The minimum absolute atomic E-state index is 0.00332. The van der Waals surface area contributed by atoms with E-state index in [0.29, 0.717) is 0 Å². The number of hydrogen-bond acceptors (Lipinski definition) is 13. The van der Waals surface area contributed by atoms with E-state index in [4.69, 9.17) is 18.6 Å². The summed E-state index contributed by atoms with van der Waals surface area (Å²) in [6.07, 6.45) is -8.26. The molecule has 0 radical (unpaired) electrons. The van der Waals surface area contributed by atoms with Gasteiger partial charge in [0.1, 0.15) is 35.6 Å². The minimum Gasteiger partial charge on any atom is -0.507 e. The number of hydrogen-bond donors (Lipinski definition) is 8. The van der Waals surface area contributed by atoms with E-state index in [0.717, 1.165) is 6.07 Å². The first kappa shape index (κ1) is 24.4. The molecule has 1 aliphatic rings. The number of aliphatic hydroxyl groups is 4. The quantitative estimate of drug-likeness (QED) is 0.209. The molecule has 13 nitrogen and oxygen atoms in total. The Morgan fingerprint density at radius 2 is 1.63 bits per heavy atom. The number of phenols is 3. The lowest BCUT2D eigenvalue weighted by Crippen LogP contribution is -2.60. The molecule has 0 saturated carbocycles. The molecule has 4 rings (SSSR count). The zero-order valence-corrected chi connectivity index (χ0v) is 18.0. The molecule has 1 saturated heterocycles. The van der Waals surface area contributed by atoms with Gasteiger partial charge in [0.05, 0.1) is 13.7 Å². The van der Waals surface area contributed by atoms with Gasteiger partial charge in [0.25, 0.3) is 0 Å². The fourth-order valence-electron chi connectivity index (χ4n) is 3.70. The molecular formula is C22H22O13. The molecule has 5 atom stereocenters. The standard InChI is InChI=1S/C22H22O13/c1-32-10-4-7(2-3-8(10)24)20-18(30)16(28)13-9(25)5-11(15(27)21(13)35-20)33-22-19(31)17(29)14(26)12(6-23)34-22/h2-5,12,14,17,19,22-27,29-31H,6H2,1H3/t12-,14-,17+,19-,22-/m1/s1. The van der Waals surface area contributed by atoms with Crippen molar-refractivity contribution in [1.82, 2.24) is 0 Å². The van der Waals surface area contributed by atoms with E-state index in [1.165, 1.54) is 25.3 Å². The number of fused-ring (bicyclic) bond motifs is 1. The molecule has 13 heteroatoms. The van der Waals surface area contributed by atoms with Crippen molar-refractivity contribution in [3.05, 3.63) is 34.5 Å². The number of aromatic hydroxyl groups is 4. The fourth-order valence-corrected chi connectivity index (χ4v) is 3.70. The van der Waals surface area contributed by atoms with Crippen LogP contribution in [0, 0.1) is 0 Å². The van der Waals surface area contributed by atoms with Gasteiger partial charge in [0.15, 0.2) is 28.6 Å². The number of phenolic OH excluding ortho intramolecular Hbond substituents is 3. The van der Waals surface area contributed by atoms with Gasteiger partial charge in [0, 0.05) is 11.6 Å². The largest absolute Gasteiger partial charge is 0.507 e. The molecule has 188 valence electrons. The van der Waals surface area contributed by atoms with Crippen molar-refractivity contribution in [2.45, 2.75) is 30.7 Å². The second-order valence-corrected chi connectivity index (χ2v) is 7.76. The predicted molar refractivity (Wildman–Crippen MR) is 116 cm³/mol.